The van der Waals surface area contributed by atoms with Crippen molar-refractivity contribution in [2.75, 3.05) is 26.3 Å². The number of ether oxygens (including phenoxy) is 1. The molecule has 7 heteroatoms. The van der Waals surface area contributed by atoms with E-state index in [0.29, 0.717) is 18.9 Å². The van der Waals surface area contributed by atoms with Gasteiger partial charge in [0.25, 0.3) is 0 Å². The molecule has 0 unspecified atom stereocenters. The van der Waals surface area contributed by atoms with Crippen molar-refractivity contribution < 1.29 is 24.3 Å². The van der Waals surface area contributed by atoms with E-state index >= 15 is 0 Å². The quantitative estimate of drug-likeness (QED) is 0.769. The molecule has 106 valence electrons. The monoisotopic (exact) mass is 270 g/mol. The molecular weight excluding hydrogens is 252 g/mol. The maximum absolute atomic E-state index is 10.7. The highest BCUT2D eigenvalue weighted by molar-refractivity contribution is 5.85. The van der Waals surface area contributed by atoms with Crippen LogP contribution in [0.1, 0.15) is 29.1 Å². The highest BCUT2D eigenvalue weighted by Gasteiger charge is 2.21. The summed E-state index contributed by atoms with van der Waals surface area (Å²) >= 11 is 0. The standard InChI is InChI=1S/C12H18N2O5/c15-5-6-18-9-1-3-14(4-2-9)8-10-7-11(12(16)17)13-19-10/h7,9,15H,1-6,8H2,(H,16,17). The molecule has 0 saturated carbocycles. The lowest BCUT2D eigenvalue weighted by atomic mass is 10.1. The van der Waals surface area contributed by atoms with Gasteiger partial charge in [-0.25, -0.2) is 4.79 Å². The van der Waals surface area contributed by atoms with Gasteiger partial charge < -0.3 is 19.5 Å². The van der Waals surface area contributed by atoms with Gasteiger partial charge in [0.15, 0.2) is 11.5 Å². The third kappa shape index (κ3) is 4.02. The number of aromatic carboxylic acids is 1. The third-order valence-corrected chi connectivity index (χ3v) is 3.14. The van der Waals surface area contributed by atoms with E-state index in [1.54, 1.807) is 0 Å². The highest BCUT2D eigenvalue weighted by atomic mass is 16.5. The number of likely N-dealkylation sites (tertiary alicyclic amines) is 1. The Hall–Kier alpha value is -1.44. The van der Waals surface area contributed by atoms with Crippen molar-refractivity contribution in [3.8, 4) is 0 Å². The zero-order valence-corrected chi connectivity index (χ0v) is 10.6. The molecular formula is C12H18N2O5. The van der Waals surface area contributed by atoms with Gasteiger partial charge in [-0.2, -0.15) is 0 Å². The van der Waals surface area contributed by atoms with E-state index in [0.717, 1.165) is 25.9 Å². The summed E-state index contributed by atoms with van der Waals surface area (Å²) in [5.74, 6) is -0.516. The first-order valence-corrected chi connectivity index (χ1v) is 6.32. The number of hydrogen-bond donors (Lipinski definition) is 2. The first-order valence-electron chi connectivity index (χ1n) is 6.32. The minimum absolute atomic E-state index is 0.0518. The molecule has 0 aliphatic carbocycles. The molecule has 2 rings (SSSR count). The second-order valence-electron chi connectivity index (χ2n) is 4.55. The molecule has 0 amide bonds. The number of aliphatic hydroxyl groups is 1. The highest BCUT2D eigenvalue weighted by Crippen LogP contribution is 2.16. The zero-order valence-electron chi connectivity index (χ0n) is 10.6. The number of nitrogens with zero attached hydrogens (tertiary/aromatic N) is 2. The van der Waals surface area contributed by atoms with Gasteiger partial charge in [-0.1, -0.05) is 5.16 Å². The smallest absolute Gasteiger partial charge is 0.358 e. The van der Waals surface area contributed by atoms with Crippen LogP contribution in [0, 0.1) is 0 Å². The second kappa shape index (κ2) is 6.65. The van der Waals surface area contributed by atoms with Crippen molar-refractivity contribution in [1.82, 2.24) is 10.1 Å². The maximum Gasteiger partial charge on any atom is 0.358 e. The summed E-state index contributed by atoms with van der Waals surface area (Å²) in [6.45, 7) is 2.72. The van der Waals surface area contributed by atoms with Crippen molar-refractivity contribution in [3.63, 3.8) is 0 Å². The topological polar surface area (TPSA) is 96.0 Å². The van der Waals surface area contributed by atoms with E-state index in [-0.39, 0.29) is 18.4 Å². The van der Waals surface area contributed by atoms with Crippen LogP contribution < -0.4 is 0 Å². The minimum Gasteiger partial charge on any atom is -0.476 e. The van der Waals surface area contributed by atoms with E-state index in [9.17, 15) is 4.79 Å². The Labute approximate surface area is 110 Å². The molecule has 0 aromatic carbocycles. The van der Waals surface area contributed by atoms with Crippen LogP contribution in [0.15, 0.2) is 10.6 Å². The largest absolute Gasteiger partial charge is 0.476 e. The zero-order chi connectivity index (χ0) is 13.7. The molecule has 2 N–H and O–H groups in total. The van der Waals surface area contributed by atoms with E-state index < -0.39 is 5.97 Å². The molecule has 1 fully saturated rings. The molecule has 1 aromatic rings. The van der Waals surface area contributed by atoms with Gasteiger partial charge in [0.2, 0.25) is 0 Å². The summed E-state index contributed by atoms with van der Waals surface area (Å²) in [7, 11) is 0. The molecule has 19 heavy (non-hydrogen) atoms. The normalized spacial score (nSPS) is 17.7. The van der Waals surface area contributed by atoms with Crippen LogP contribution in [0.4, 0.5) is 0 Å². The van der Waals surface area contributed by atoms with Crippen molar-refractivity contribution in [3.05, 3.63) is 17.5 Å². The summed E-state index contributed by atoms with van der Waals surface area (Å²) in [6, 6.07) is 1.46. The summed E-state index contributed by atoms with van der Waals surface area (Å²) in [6.07, 6.45) is 2.01. The van der Waals surface area contributed by atoms with Crippen LogP contribution >= 0.6 is 0 Å². The Morgan fingerprint density at radius 3 is 2.84 bits per heavy atom. The lowest BCUT2D eigenvalue weighted by Gasteiger charge is -2.30. The number of carbonyl (C=O) groups is 1. The Morgan fingerprint density at radius 1 is 1.53 bits per heavy atom. The van der Waals surface area contributed by atoms with Crippen LogP contribution in [-0.2, 0) is 11.3 Å². The predicted octanol–water partition coefficient (Wildman–Crippen LogP) is 0.346. The van der Waals surface area contributed by atoms with E-state index in [4.69, 9.17) is 19.5 Å². The van der Waals surface area contributed by atoms with Crippen molar-refractivity contribution in [1.29, 1.82) is 0 Å². The van der Waals surface area contributed by atoms with Gasteiger partial charge in [0.1, 0.15) is 0 Å². The Bertz CT molecular complexity index is 412. The average Bonchev–Trinajstić information content (AvgIpc) is 2.87. The second-order valence-corrected chi connectivity index (χ2v) is 4.55. The number of carboxylic acids is 1. The lowest BCUT2D eigenvalue weighted by Crippen LogP contribution is -2.36. The van der Waals surface area contributed by atoms with Crippen LogP contribution in [0.25, 0.3) is 0 Å². The van der Waals surface area contributed by atoms with Crippen molar-refractivity contribution >= 4 is 5.97 Å². The molecule has 1 aliphatic rings. The van der Waals surface area contributed by atoms with E-state index in [1.165, 1.54) is 6.07 Å². The average molecular weight is 270 g/mol. The SMILES string of the molecule is O=C(O)c1cc(CN2CCC(OCCO)CC2)on1. The third-order valence-electron chi connectivity index (χ3n) is 3.14. The number of piperidine rings is 1. The molecule has 1 aliphatic heterocycles. The molecule has 2 heterocycles. The molecule has 0 radical (unpaired) electrons. The van der Waals surface area contributed by atoms with Crippen LogP contribution in [0.2, 0.25) is 0 Å². The van der Waals surface area contributed by atoms with Gasteiger partial charge in [-0.05, 0) is 12.8 Å². The summed E-state index contributed by atoms with van der Waals surface area (Å²) in [4.78, 5) is 12.8. The van der Waals surface area contributed by atoms with Crippen LogP contribution in [0.3, 0.4) is 0 Å². The number of aliphatic hydroxyl groups excluding tert-OH is 1. The van der Waals surface area contributed by atoms with Crippen molar-refractivity contribution in [2.24, 2.45) is 0 Å². The fourth-order valence-corrected chi connectivity index (χ4v) is 2.16. The molecule has 1 saturated heterocycles. The number of carboxylic acid groups (broad SMARTS) is 1. The molecule has 7 nitrogen and oxygen atoms in total. The fraction of sp³-hybridized carbons (Fsp3) is 0.667. The van der Waals surface area contributed by atoms with Gasteiger partial charge in [-0.3, -0.25) is 4.90 Å². The predicted molar refractivity (Wildman–Crippen MR) is 64.8 cm³/mol. The molecule has 0 spiro atoms. The number of aromatic nitrogens is 1. The minimum atomic E-state index is -1.08. The first-order chi connectivity index (χ1) is 9.19. The lowest BCUT2D eigenvalue weighted by molar-refractivity contribution is -0.0101. The van der Waals surface area contributed by atoms with E-state index in [1.807, 2.05) is 0 Å². The van der Waals surface area contributed by atoms with Gasteiger partial charge >= 0.3 is 5.97 Å². The molecule has 0 atom stereocenters. The Balaban J connectivity index is 1.77. The van der Waals surface area contributed by atoms with Crippen molar-refractivity contribution in [2.45, 2.75) is 25.5 Å². The summed E-state index contributed by atoms with van der Waals surface area (Å²) < 4.78 is 10.5. The molecule has 0 bridgehead atoms. The van der Waals surface area contributed by atoms with E-state index in [2.05, 4.69) is 10.1 Å². The fourth-order valence-electron chi connectivity index (χ4n) is 2.16. The summed E-state index contributed by atoms with van der Waals surface area (Å²) in [5, 5.41) is 20.9. The Morgan fingerprint density at radius 2 is 2.26 bits per heavy atom. The van der Waals surface area contributed by atoms with Crippen LogP contribution in [-0.4, -0.2) is 58.6 Å². The number of rotatable bonds is 6. The Kier molecular flexibility index (Phi) is 4.89. The van der Waals surface area contributed by atoms with Gasteiger partial charge in [0, 0.05) is 19.2 Å². The van der Waals surface area contributed by atoms with Crippen LogP contribution in [0.5, 0.6) is 0 Å². The maximum atomic E-state index is 10.7. The number of hydrogen-bond acceptors (Lipinski definition) is 6. The summed E-state index contributed by atoms with van der Waals surface area (Å²) in [5.41, 5.74) is -0.0591. The molecule has 1 aromatic heterocycles. The first kappa shape index (κ1) is 14.0. The van der Waals surface area contributed by atoms with Gasteiger partial charge in [0.05, 0.1) is 25.9 Å². The van der Waals surface area contributed by atoms with Gasteiger partial charge in [-0.15, -0.1) is 0 Å².